The van der Waals surface area contributed by atoms with Gasteiger partial charge in [-0.25, -0.2) is 4.57 Å². The SMILES string of the molecule is Cc1cc(C(C)(C)C)cc(-c2c3ccc(C(C)C)cc3cc(C)[n+]2C)c1C.Cc1cc(C2CCCC2)cc(-c2c3ccc(C(C)C)cc3cc(C)[n+]2C)c1C.Cc1ccc(C(C)(C)C)cc1-c1c2ccc(C(C)C)cc2cc(C)[n+]1C.Cc1ccc(C2CCCC2)cc1-c1c2ccc(C(C)C)cc2cc(C)[n+]1C.[2H]c1cc2cc(C(C)C)ccc2c(-c2cc(C(C)(C)C)cc(C(C)(C)C)c2C)[n+]1C. The number of pyridine rings is 5. The molecule has 2 fully saturated rings. The molecule has 5 heteroatoms. The van der Waals surface area contributed by atoms with Crippen LogP contribution in [0.2, 0.25) is 0 Å². The summed E-state index contributed by atoms with van der Waals surface area (Å²) in [6.45, 7) is 74.7. The van der Waals surface area contributed by atoms with Crippen molar-refractivity contribution in [2.75, 3.05) is 0 Å². The standard InChI is InChI=1S/C28H38N.C27H34N.C26H32N.C26H34N.C25H32N/c1-18(2)20-11-12-23-21(15-20)13-14-29(10)26(23)24-16-22(27(4,5)6)17-25(19(24)3)28(7,8)9;1-17(2)22-11-12-25-24(15-22)14-19(4)28(6)27(25)26-16-23(13-18(3)20(26)5)21-9-7-8-10-21;1-17(2)21-12-13-24-23(15-21)14-19(4)27(5)26(24)25-16-22(11-10-18(25)3)20-8-6-7-9-20;1-16(2)20-10-11-23-21(14-20)13-18(4)27(9)25(23)24-15-22(26(6,7)8)12-17(3)19(24)5;1-16(2)19-10-12-22-20(14-19)13-18(4)26(8)24(22)23-15-21(25(5,6)7)11-9-17(23)3/h11-18H,1-10H3;11-17,21H,7-10H2,1-6H3;10-17,20H,6-9H2,1-5H3;10-16H,1-9H3;9-16H,1-8H3/q5*+1/i14D;;;;. The fourth-order valence-corrected chi connectivity index (χ4v) is 21.2. The minimum absolute atomic E-state index is 0.0534. The summed E-state index contributed by atoms with van der Waals surface area (Å²) in [6, 6.07) is 74.6. The highest BCUT2D eigenvalue weighted by Gasteiger charge is 2.33. The molecule has 0 amide bonds. The lowest BCUT2D eigenvalue weighted by Crippen LogP contribution is -2.35. The molecule has 0 aliphatic heterocycles. The summed E-state index contributed by atoms with van der Waals surface area (Å²) in [5.74, 6) is 4.16. The van der Waals surface area contributed by atoms with E-state index in [0.29, 0.717) is 35.8 Å². The summed E-state index contributed by atoms with van der Waals surface area (Å²) in [5.41, 5.74) is 43.9. The monoisotopic (exact) mass is 1830 g/mol. The Balaban J connectivity index is 0.000000146. The van der Waals surface area contributed by atoms with Gasteiger partial charge < -0.3 is 0 Å². The summed E-state index contributed by atoms with van der Waals surface area (Å²) < 4.78 is 20.1. The van der Waals surface area contributed by atoms with Crippen LogP contribution in [0.1, 0.15) is 369 Å². The number of aryl methyl sites for hydroxylation is 8. The van der Waals surface area contributed by atoms with Crippen LogP contribution in [0.5, 0.6) is 0 Å². The van der Waals surface area contributed by atoms with Gasteiger partial charge in [0.25, 0.3) is 0 Å². The quantitative estimate of drug-likeness (QED) is 0.109. The molecule has 5 aromatic heterocycles. The molecule has 718 valence electrons. The van der Waals surface area contributed by atoms with Crippen LogP contribution in [0.15, 0.2) is 200 Å². The van der Waals surface area contributed by atoms with Gasteiger partial charge in [-0.05, 0) is 325 Å². The second kappa shape index (κ2) is 41.3. The minimum Gasteiger partial charge on any atom is -0.200 e. The lowest BCUT2D eigenvalue weighted by atomic mass is 9.76. The molecular formula is C132H170N5+5. The lowest BCUT2D eigenvalue weighted by molar-refractivity contribution is -0.665. The first-order chi connectivity index (χ1) is 64.6. The van der Waals surface area contributed by atoms with Gasteiger partial charge in [0.05, 0.1) is 49.2 Å². The van der Waals surface area contributed by atoms with Crippen molar-refractivity contribution in [2.45, 2.75) is 343 Å². The Morgan fingerprint density at radius 1 is 0.255 bits per heavy atom. The van der Waals surface area contributed by atoms with E-state index in [1.165, 1.54) is 268 Å². The highest BCUT2D eigenvalue weighted by molar-refractivity contribution is 5.99. The summed E-state index contributed by atoms with van der Waals surface area (Å²) in [7, 11) is 10.8. The molecule has 17 rings (SSSR count). The molecular weight excluding hydrogens is 1660 g/mol. The van der Waals surface area contributed by atoms with Crippen molar-refractivity contribution in [3.63, 3.8) is 0 Å². The first-order valence-corrected chi connectivity index (χ1v) is 51.9. The third-order valence-corrected chi connectivity index (χ3v) is 31.3. The van der Waals surface area contributed by atoms with Crippen LogP contribution in [-0.2, 0) is 56.9 Å². The fraction of sp³-hybridized carbons (Fsp3) is 0.432. The zero-order valence-corrected chi connectivity index (χ0v) is 91.9. The predicted octanol–water partition coefficient (Wildman–Crippen LogP) is 34.2. The Kier molecular flexibility index (Phi) is 30.8. The van der Waals surface area contributed by atoms with Gasteiger partial charge in [0, 0.05) is 63.6 Å². The smallest absolute Gasteiger partial charge is 0.200 e. The van der Waals surface area contributed by atoms with Crippen LogP contribution < -0.4 is 22.8 Å². The van der Waals surface area contributed by atoms with E-state index in [0.717, 1.165) is 22.9 Å². The maximum absolute atomic E-state index is 8.66. The van der Waals surface area contributed by atoms with Crippen molar-refractivity contribution < 1.29 is 24.2 Å². The number of hydrogen-bond donors (Lipinski definition) is 0. The van der Waals surface area contributed by atoms with E-state index >= 15 is 0 Å². The van der Waals surface area contributed by atoms with Gasteiger partial charge in [0.1, 0.15) is 36.6 Å². The molecule has 2 aliphatic carbocycles. The first-order valence-electron chi connectivity index (χ1n) is 52.4. The second-order valence-corrected chi connectivity index (χ2v) is 47.2. The Morgan fingerprint density at radius 3 is 0.905 bits per heavy atom. The van der Waals surface area contributed by atoms with E-state index in [2.05, 4.69) is 463 Å². The molecule has 2 saturated carbocycles. The van der Waals surface area contributed by atoms with Gasteiger partial charge in [-0.2, -0.15) is 18.3 Å². The van der Waals surface area contributed by atoms with Gasteiger partial charge in [-0.1, -0.05) is 281 Å². The number of nitrogens with zero attached hydrogens (tertiary/aromatic N) is 5. The minimum atomic E-state index is 0.0534. The summed E-state index contributed by atoms with van der Waals surface area (Å²) >= 11 is 0. The summed E-state index contributed by atoms with van der Waals surface area (Å²) in [6.07, 6.45) is 11.5. The van der Waals surface area contributed by atoms with E-state index in [-0.39, 0.29) is 21.7 Å². The fourth-order valence-electron chi connectivity index (χ4n) is 21.2. The highest BCUT2D eigenvalue weighted by Crippen LogP contribution is 2.46. The molecule has 137 heavy (non-hydrogen) atoms. The van der Waals surface area contributed by atoms with Crippen molar-refractivity contribution in [1.82, 2.24) is 0 Å². The summed E-state index contributed by atoms with van der Waals surface area (Å²) in [5, 5.41) is 13.1. The van der Waals surface area contributed by atoms with Crippen molar-refractivity contribution in [3.05, 3.63) is 323 Å². The Morgan fingerprint density at radius 2 is 0.547 bits per heavy atom. The number of fused-ring (bicyclic) bond motifs is 5. The number of hydrogen-bond acceptors (Lipinski definition) is 0. The third kappa shape index (κ3) is 22.4. The van der Waals surface area contributed by atoms with E-state index < -0.39 is 0 Å². The highest BCUT2D eigenvalue weighted by atomic mass is 15.0. The molecule has 2 aliphatic rings. The lowest BCUT2D eigenvalue weighted by Gasteiger charge is -2.28. The molecule has 0 radical (unpaired) electrons. The zero-order valence-electron chi connectivity index (χ0n) is 92.9. The van der Waals surface area contributed by atoms with E-state index in [9.17, 15) is 0 Å². The van der Waals surface area contributed by atoms with Crippen molar-refractivity contribution in [2.24, 2.45) is 35.2 Å². The topological polar surface area (TPSA) is 19.4 Å². The van der Waals surface area contributed by atoms with Crippen LogP contribution in [0.25, 0.3) is 110 Å². The Bertz CT molecular complexity index is 7090. The van der Waals surface area contributed by atoms with Gasteiger partial charge in [-0.15, -0.1) is 0 Å². The first kappa shape index (κ1) is 102. The maximum Gasteiger partial charge on any atom is 0.220 e. The molecule has 0 unspecified atom stereocenters. The average molecular weight is 1830 g/mol. The Labute approximate surface area is 830 Å². The maximum atomic E-state index is 8.66. The molecule has 5 nitrogen and oxygen atoms in total. The molecule has 0 saturated heterocycles. The molecule has 10 aromatic carbocycles. The van der Waals surface area contributed by atoms with Gasteiger partial charge in [0.15, 0.2) is 28.9 Å². The largest absolute Gasteiger partial charge is 0.220 e. The molecule has 0 N–H and O–H groups in total. The van der Waals surface area contributed by atoms with Gasteiger partial charge >= 0.3 is 0 Å². The third-order valence-electron chi connectivity index (χ3n) is 31.3. The number of benzene rings is 10. The molecule has 5 heterocycles. The molecule has 0 atom stereocenters. The van der Waals surface area contributed by atoms with Gasteiger partial charge in [0.2, 0.25) is 28.5 Å². The molecule has 0 spiro atoms. The van der Waals surface area contributed by atoms with Crippen LogP contribution in [0, 0.1) is 76.2 Å². The zero-order chi connectivity index (χ0) is 101. The van der Waals surface area contributed by atoms with Crippen LogP contribution in [0.4, 0.5) is 0 Å². The average Bonchev–Trinajstić information content (AvgIpc) is 0.858. The van der Waals surface area contributed by atoms with Crippen LogP contribution >= 0.6 is 0 Å². The van der Waals surface area contributed by atoms with E-state index in [1.807, 2.05) is 17.7 Å². The molecule has 0 bridgehead atoms. The number of rotatable bonds is 12. The molecule has 15 aromatic rings. The normalized spacial score (nSPS) is 13.6. The van der Waals surface area contributed by atoms with Crippen molar-refractivity contribution >= 4 is 53.9 Å². The second-order valence-electron chi connectivity index (χ2n) is 47.2. The predicted molar refractivity (Wildman–Crippen MR) is 593 cm³/mol. The summed E-state index contributed by atoms with van der Waals surface area (Å²) in [4.78, 5) is 0. The number of aromatic nitrogens is 5. The van der Waals surface area contributed by atoms with Crippen LogP contribution in [-0.4, -0.2) is 0 Å². The van der Waals surface area contributed by atoms with Crippen LogP contribution in [0.3, 0.4) is 0 Å². The van der Waals surface area contributed by atoms with E-state index in [4.69, 9.17) is 1.37 Å². The Hall–Kier alpha value is -10.8. The van der Waals surface area contributed by atoms with Crippen molar-refractivity contribution in [1.29, 1.82) is 0 Å². The van der Waals surface area contributed by atoms with Gasteiger partial charge in [-0.3, -0.25) is 0 Å². The van der Waals surface area contributed by atoms with Crippen molar-refractivity contribution in [3.8, 4) is 56.3 Å². The van der Waals surface area contributed by atoms with E-state index in [1.54, 1.807) is 5.56 Å².